The van der Waals surface area contributed by atoms with Gasteiger partial charge in [-0.25, -0.2) is 4.79 Å². The van der Waals surface area contributed by atoms with Crippen LogP contribution in [0.15, 0.2) is 41.1 Å². The van der Waals surface area contributed by atoms with E-state index in [2.05, 4.69) is 0 Å². The second-order valence-corrected chi connectivity index (χ2v) is 4.41. The van der Waals surface area contributed by atoms with Crippen LogP contribution in [0.4, 0.5) is 0 Å². The molecule has 6 heteroatoms. The Bertz CT molecular complexity index is 586. The second kappa shape index (κ2) is 6.10. The van der Waals surface area contributed by atoms with Gasteiger partial charge in [0.25, 0.3) is 5.91 Å². The van der Waals surface area contributed by atoms with Crippen molar-refractivity contribution < 1.29 is 18.7 Å². The molecule has 0 N–H and O–H groups in total. The van der Waals surface area contributed by atoms with Crippen molar-refractivity contribution >= 4 is 11.9 Å². The third-order valence-electron chi connectivity index (χ3n) is 2.88. The SMILES string of the molecule is CN(Cc1ccco1)C(=O)COC(=O)c1cccn1C. The van der Waals surface area contributed by atoms with Gasteiger partial charge >= 0.3 is 5.97 Å². The second-order valence-electron chi connectivity index (χ2n) is 4.41. The number of hydrogen-bond acceptors (Lipinski definition) is 4. The lowest BCUT2D eigenvalue weighted by molar-refractivity contribution is -0.134. The van der Waals surface area contributed by atoms with Gasteiger partial charge < -0.3 is 18.6 Å². The molecule has 0 unspecified atom stereocenters. The summed E-state index contributed by atoms with van der Waals surface area (Å²) in [5.74, 6) is -0.129. The molecule has 0 saturated heterocycles. The van der Waals surface area contributed by atoms with E-state index in [1.807, 2.05) is 0 Å². The monoisotopic (exact) mass is 276 g/mol. The Labute approximate surface area is 116 Å². The van der Waals surface area contributed by atoms with E-state index in [4.69, 9.17) is 9.15 Å². The molecule has 2 heterocycles. The fraction of sp³-hybridized carbons (Fsp3) is 0.286. The van der Waals surface area contributed by atoms with Gasteiger partial charge in [-0.05, 0) is 24.3 Å². The van der Waals surface area contributed by atoms with Crippen molar-refractivity contribution in [2.75, 3.05) is 13.7 Å². The summed E-state index contributed by atoms with van der Waals surface area (Å²) < 4.78 is 11.8. The minimum absolute atomic E-state index is 0.288. The van der Waals surface area contributed by atoms with Crippen molar-refractivity contribution in [3.05, 3.63) is 48.2 Å². The molecular formula is C14H16N2O4. The van der Waals surface area contributed by atoms with Gasteiger partial charge in [0.05, 0.1) is 12.8 Å². The van der Waals surface area contributed by atoms with Gasteiger partial charge in [0.15, 0.2) is 6.61 Å². The zero-order valence-electron chi connectivity index (χ0n) is 11.4. The number of rotatable bonds is 5. The average Bonchev–Trinajstić information content (AvgIpc) is 3.06. The lowest BCUT2D eigenvalue weighted by Crippen LogP contribution is -2.30. The molecule has 6 nitrogen and oxygen atoms in total. The molecule has 0 saturated carbocycles. The zero-order chi connectivity index (χ0) is 14.5. The van der Waals surface area contributed by atoms with Gasteiger partial charge in [-0.1, -0.05) is 0 Å². The maximum atomic E-state index is 11.8. The normalized spacial score (nSPS) is 10.3. The van der Waals surface area contributed by atoms with E-state index in [0.29, 0.717) is 18.0 Å². The number of carbonyl (C=O) groups is 2. The molecule has 0 fully saturated rings. The Morgan fingerprint density at radius 3 is 2.75 bits per heavy atom. The molecule has 0 aromatic carbocycles. The van der Waals surface area contributed by atoms with Crippen molar-refractivity contribution in [2.24, 2.45) is 7.05 Å². The van der Waals surface area contributed by atoms with E-state index < -0.39 is 5.97 Å². The highest BCUT2D eigenvalue weighted by molar-refractivity contribution is 5.89. The molecular weight excluding hydrogens is 260 g/mol. The number of aromatic nitrogens is 1. The van der Waals surface area contributed by atoms with Gasteiger partial charge in [0.1, 0.15) is 11.5 Å². The molecule has 0 aliphatic heterocycles. The highest BCUT2D eigenvalue weighted by atomic mass is 16.5. The minimum Gasteiger partial charge on any atom is -0.467 e. The summed E-state index contributed by atoms with van der Waals surface area (Å²) in [5, 5.41) is 0. The molecule has 0 bridgehead atoms. The fourth-order valence-electron chi connectivity index (χ4n) is 1.71. The van der Waals surface area contributed by atoms with Crippen LogP contribution in [0.25, 0.3) is 0 Å². The molecule has 2 aromatic heterocycles. The Hall–Kier alpha value is -2.50. The van der Waals surface area contributed by atoms with E-state index in [0.717, 1.165) is 0 Å². The van der Waals surface area contributed by atoms with Crippen LogP contribution in [0.5, 0.6) is 0 Å². The Morgan fingerprint density at radius 2 is 2.15 bits per heavy atom. The summed E-state index contributed by atoms with van der Waals surface area (Å²) in [6.07, 6.45) is 3.28. The number of furan rings is 1. The number of esters is 1. The molecule has 2 aromatic rings. The van der Waals surface area contributed by atoms with Crippen LogP contribution in [-0.2, 0) is 23.1 Å². The highest BCUT2D eigenvalue weighted by Crippen LogP contribution is 2.05. The maximum Gasteiger partial charge on any atom is 0.355 e. The molecule has 2 rings (SSSR count). The smallest absolute Gasteiger partial charge is 0.355 e. The maximum absolute atomic E-state index is 11.8. The van der Waals surface area contributed by atoms with Crippen molar-refractivity contribution in [1.82, 2.24) is 9.47 Å². The van der Waals surface area contributed by atoms with E-state index in [9.17, 15) is 9.59 Å². The minimum atomic E-state index is -0.516. The van der Waals surface area contributed by atoms with Crippen LogP contribution in [-0.4, -0.2) is 35.0 Å². The van der Waals surface area contributed by atoms with Gasteiger partial charge in [0.2, 0.25) is 0 Å². The molecule has 1 amide bonds. The summed E-state index contributed by atoms with van der Waals surface area (Å²) in [5.41, 5.74) is 0.409. The lowest BCUT2D eigenvalue weighted by atomic mass is 10.4. The standard InChI is InChI=1S/C14H16N2O4/c1-15-7-3-6-12(15)14(18)20-10-13(17)16(2)9-11-5-4-8-19-11/h3-8H,9-10H2,1-2H3. The van der Waals surface area contributed by atoms with E-state index >= 15 is 0 Å². The van der Waals surface area contributed by atoms with Gasteiger partial charge in [0, 0.05) is 20.3 Å². The van der Waals surface area contributed by atoms with Gasteiger partial charge in [-0.15, -0.1) is 0 Å². The van der Waals surface area contributed by atoms with Crippen molar-refractivity contribution in [3.63, 3.8) is 0 Å². The quantitative estimate of drug-likeness (QED) is 0.775. The van der Waals surface area contributed by atoms with Crippen LogP contribution in [0, 0.1) is 0 Å². The summed E-state index contributed by atoms with van der Waals surface area (Å²) >= 11 is 0. The first-order valence-corrected chi connectivity index (χ1v) is 6.12. The largest absolute Gasteiger partial charge is 0.467 e. The topological polar surface area (TPSA) is 64.7 Å². The highest BCUT2D eigenvalue weighted by Gasteiger charge is 2.15. The number of ether oxygens (including phenoxy) is 1. The first-order chi connectivity index (χ1) is 9.58. The fourth-order valence-corrected chi connectivity index (χ4v) is 1.71. The van der Waals surface area contributed by atoms with Gasteiger partial charge in [-0.3, -0.25) is 4.79 Å². The van der Waals surface area contributed by atoms with Crippen LogP contribution < -0.4 is 0 Å². The van der Waals surface area contributed by atoms with E-state index in [-0.39, 0.29) is 12.5 Å². The molecule has 0 aliphatic rings. The van der Waals surface area contributed by atoms with Crippen LogP contribution in [0.3, 0.4) is 0 Å². The van der Waals surface area contributed by atoms with Crippen LogP contribution in [0.2, 0.25) is 0 Å². The lowest BCUT2D eigenvalue weighted by Gasteiger charge is -2.15. The number of nitrogens with zero attached hydrogens (tertiary/aromatic N) is 2. The molecule has 0 spiro atoms. The Kier molecular flexibility index (Phi) is 4.24. The molecule has 0 atom stereocenters. The third-order valence-corrected chi connectivity index (χ3v) is 2.88. The number of aryl methyl sites for hydroxylation is 1. The first-order valence-electron chi connectivity index (χ1n) is 6.12. The predicted octanol–water partition coefficient (Wildman–Crippen LogP) is 1.43. The van der Waals surface area contributed by atoms with Crippen molar-refractivity contribution in [1.29, 1.82) is 0 Å². The molecule has 0 radical (unpaired) electrons. The Morgan fingerprint density at radius 1 is 1.35 bits per heavy atom. The molecule has 0 aliphatic carbocycles. The molecule has 20 heavy (non-hydrogen) atoms. The molecule has 106 valence electrons. The van der Waals surface area contributed by atoms with Crippen molar-refractivity contribution in [2.45, 2.75) is 6.54 Å². The van der Waals surface area contributed by atoms with Crippen LogP contribution >= 0.6 is 0 Å². The number of amides is 1. The summed E-state index contributed by atoms with van der Waals surface area (Å²) in [7, 11) is 3.36. The summed E-state index contributed by atoms with van der Waals surface area (Å²) in [6, 6.07) is 6.91. The van der Waals surface area contributed by atoms with E-state index in [1.165, 1.54) is 4.90 Å². The first kappa shape index (κ1) is 13.9. The zero-order valence-corrected chi connectivity index (χ0v) is 11.4. The average molecular weight is 276 g/mol. The predicted molar refractivity (Wildman–Crippen MR) is 70.9 cm³/mol. The number of likely N-dealkylation sites (N-methyl/N-ethyl adjacent to an activating group) is 1. The van der Waals surface area contributed by atoms with Crippen molar-refractivity contribution in [3.8, 4) is 0 Å². The van der Waals surface area contributed by atoms with Crippen LogP contribution in [0.1, 0.15) is 16.2 Å². The van der Waals surface area contributed by atoms with E-state index in [1.54, 1.807) is 55.4 Å². The Balaban J connectivity index is 1.83. The van der Waals surface area contributed by atoms with Gasteiger partial charge in [-0.2, -0.15) is 0 Å². The number of carbonyl (C=O) groups excluding carboxylic acids is 2. The summed E-state index contributed by atoms with van der Waals surface area (Å²) in [6.45, 7) is 0.0504. The number of hydrogen-bond donors (Lipinski definition) is 0. The summed E-state index contributed by atoms with van der Waals surface area (Å²) in [4.78, 5) is 25.0. The third kappa shape index (κ3) is 3.28.